The maximum atomic E-state index is 11.8. The Hall–Kier alpha value is -0.820. The molecule has 0 radical (unpaired) electrons. The van der Waals surface area contributed by atoms with Crippen molar-refractivity contribution in [1.29, 1.82) is 0 Å². The van der Waals surface area contributed by atoms with Gasteiger partial charge in [-0.15, -0.1) is 0 Å². The number of piperidine rings is 1. The monoisotopic (exact) mass is 268 g/mol. The molecule has 1 aliphatic heterocycles. The van der Waals surface area contributed by atoms with E-state index < -0.39 is 18.8 Å². The highest BCUT2D eigenvalue weighted by Crippen LogP contribution is 2.14. The maximum absolute atomic E-state index is 11.8. The summed E-state index contributed by atoms with van der Waals surface area (Å²) in [7, 11) is 0. The van der Waals surface area contributed by atoms with Crippen LogP contribution < -0.4 is 10.6 Å². The Balaban J connectivity index is 2.18. The summed E-state index contributed by atoms with van der Waals surface area (Å²) < 4.78 is 40.0. The van der Waals surface area contributed by atoms with Gasteiger partial charge in [-0.3, -0.25) is 4.79 Å². The van der Waals surface area contributed by atoms with Crippen LogP contribution in [0, 0.1) is 0 Å². The molecule has 18 heavy (non-hydrogen) atoms. The van der Waals surface area contributed by atoms with E-state index in [9.17, 15) is 18.0 Å². The number of alkyl halides is 3. The van der Waals surface area contributed by atoms with Gasteiger partial charge >= 0.3 is 6.18 Å². The Labute approximate surface area is 104 Å². The van der Waals surface area contributed by atoms with Crippen LogP contribution in [0.3, 0.4) is 0 Å². The largest absolute Gasteiger partial charge is 0.411 e. The van der Waals surface area contributed by atoms with Crippen molar-refractivity contribution in [2.24, 2.45) is 0 Å². The molecule has 0 aromatic heterocycles. The molecule has 4 nitrogen and oxygen atoms in total. The molecule has 1 heterocycles. The Morgan fingerprint density at radius 1 is 1.50 bits per heavy atom. The summed E-state index contributed by atoms with van der Waals surface area (Å²) in [5.41, 5.74) is 0. The second-order valence-electron chi connectivity index (χ2n) is 4.54. The lowest BCUT2D eigenvalue weighted by atomic mass is 10.0. The van der Waals surface area contributed by atoms with E-state index in [4.69, 9.17) is 0 Å². The van der Waals surface area contributed by atoms with Crippen molar-refractivity contribution < 1.29 is 22.7 Å². The second-order valence-corrected chi connectivity index (χ2v) is 4.54. The van der Waals surface area contributed by atoms with Crippen LogP contribution in [0.25, 0.3) is 0 Å². The van der Waals surface area contributed by atoms with Gasteiger partial charge in [-0.05, 0) is 26.3 Å². The molecule has 0 aromatic carbocycles. The zero-order valence-electron chi connectivity index (χ0n) is 10.3. The molecule has 7 heteroatoms. The van der Waals surface area contributed by atoms with Gasteiger partial charge in [0.2, 0.25) is 5.91 Å². The average Bonchev–Trinajstić information content (AvgIpc) is 2.28. The Bertz CT molecular complexity index is 266. The maximum Gasteiger partial charge on any atom is 0.411 e. The highest BCUT2D eigenvalue weighted by molar-refractivity contribution is 5.82. The second kappa shape index (κ2) is 6.94. The van der Waals surface area contributed by atoms with Gasteiger partial charge in [0.05, 0.1) is 12.6 Å². The van der Waals surface area contributed by atoms with E-state index >= 15 is 0 Å². The molecule has 0 aromatic rings. The van der Waals surface area contributed by atoms with Gasteiger partial charge in [-0.2, -0.15) is 13.2 Å². The molecular weight excluding hydrogens is 249 g/mol. The number of nitrogens with one attached hydrogen (secondary N) is 2. The number of rotatable bonds is 5. The zero-order valence-corrected chi connectivity index (χ0v) is 10.3. The lowest BCUT2D eigenvalue weighted by molar-refractivity contribution is -0.175. The van der Waals surface area contributed by atoms with Crippen LogP contribution in [0.2, 0.25) is 0 Å². The molecule has 0 bridgehead atoms. The van der Waals surface area contributed by atoms with E-state index in [2.05, 4.69) is 15.4 Å². The van der Waals surface area contributed by atoms with E-state index in [-0.39, 0.29) is 18.6 Å². The number of halogens is 3. The summed E-state index contributed by atoms with van der Waals surface area (Å²) in [4.78, 5) is 11.7. The highest BCUT2D eigenvalue weighted by atomic mass is 19.4. The highest BCUT2D eigenvalue weighted by Gasteiger charge is 2.28. The Morgan fingerprint density at radius 3 is 2.78 bits per heavy atom. The summed E-state index contributed by atoms with van der Waals surface area (Å²) in [6.07, 6.45) is -1.52. The third-order valence-electron chi connectivity index (χ3n) is 2.65. The van der Waals surface area contributed by atoms with Gasteiger partial charge in [0, 0.05) is 6.04 Å². The minimum atomic E-state index is -4.32. The first kappa shape index (κ1) is 15.2. The van der Waals surface area contributed by atoms with Crippen LogP contribution in [0.15, 0.2) is 0 Å². The number of hydrogen-bond donors (Lipinski definition) is 2. The van der Waals surface area contributed by atoms with Gasteiger partial charge in [0.15, 0.2) is 0 Å². The van der Waals surface area contributed by atoms with Crippen LogP contribution in [0.5, 0.6) is 0 Å². The smallest absolute Gasteiger partial charge is 0.370 e. The Morgan fingerprint density at radius 2 is 2.22 bits per heavy atom. The third kappa shape index (κ3) is 6.20. The fourth-order valence-electron chi connectivity index (χ4n) is 1.81. The summed E-state index contributed by atoms with van der Waals surface area (Å²) in [6.45, 7) is 1.00. The van der Waals surface area contributed by atoms with Crippen molar-refractivity contribution in [3.8, 4) is 0 Å². The minimum absolute atomic E-state index is 0.141. The zero-order chi connectivity index (χ0) is 13.6. The standard InChI is InChI=1S/C11H19F3N2O2/c1-8(6-18-7-11(12,13)14)16-10(17)9-4-2-3-5-15-9/h8-9,15H,2-7H2,1H3,(H,16,17). The molecule has 1 saturated heterocycles. The van der Waals surface area contributed by atoms with Crippen LogP contribution in [0.4, 0.5) is 13.2 Å². The van der Waals surface area contributed by atoms with Gasteiger partial charge in [0.25, 0.3) is 0 Å². The number of carbonyl (C=O) groups excluding carboxylic acids is 1. The molecule has 0 saturated carbocycles. The summed E-state index contributed by atoms with van der Waals surface area (Å²) in [5.74, 6) is -0.169. The van der Waals surface area contributed by atoms with Crippen LogP contribution in [-0.4, -0.2) is 43.9 Å². The SMILES string of the molecule is CC(COCC(F)(F)F)NC(=O)C1CCCCN1. The van der Waals surface area contributed by atoms with E-state index in [1.165, 1.54) is 0 Å². The molecule has 1 aliphatic rings. The topological polar surface area (TPSA) is 50.4 Å². The van der Waals surface area contributed by atoms with Crippen molar-refractivity contribution in [2.45, 2.75) is 44.4 Å². The fraction of sp³-hybridized carbons (Fsp3) is 0.909. The van der Waals surface area contributed by atoms with Gasteiger partial charge in [-0.25, -0.2) is 0 Å². The van der Waals surface area contributed by atoms with Gasteiger partial charge in [-0.1, -0.05) is 6.42 Å². The van der Waals surface area contributed by atoms with Crippen LogP contribution >= 0.6 is 0 Å². The van der Waals surface area contributed by atoms with Crippen LogP contribution in [-0.2, 0) is 9.53 Å². The molecule has 2 unspecified atom stereocenters. The first-order valence-corrected chi connectivity index (χ1v) is 6.07. The molecule has 2 atom stereocenters. The van der Waals surface area contributed by atoms with Crippen molar-refractivity contribution in [3.05, 3.63) is 0 Å². The predicted molar refractivity (Wildman–Crippen MR) is 60.1 cm³/mol. The molecular formula is C11H19F3N2O2. The molecule has 1 fully saturated rings. The quantitative estimate of drug-likeness (QED) is 0.788. The van der Waals surface area contributed by atoms with E-state index in [1.54, 1.807) is 6.92 Å². The van der Waals surface area contributed by atoms with E-state index in [0.717, 1.165) is 25.8 Å². The first-order chi connectivity index (χ1) is 8.38. The number of ether oxygens (including phenoxy) is 1. The number of amides is 1. The molecule has 106 valence electrons. The van der Waals surface area contributed by atoms with Crippen molar-refractivity contribution >= 4 is 5.91 Å². The molecule has 1 amide bonds. The molecule has 0 spiro atoms. The third-order valence-corrected chi connectivity index (χ3v) is 2.65. The molecule has 2 N–H and O–H groups in total. The summed E-state index contributed by atoms with van der Waals surface area (Å²) in [6, 6.07) is -0.660. The summed E-state index contributed by atoms with van der Waals surface area (Å²) >= 11 is 0. The lowest BCUT2D eigenvalue weighted by Crippen LogP contribution is -2.50. The number of hydrogen-bond acceptors (Lipinski definition) is 3. The normalized spacial score (nSPS) is 22.6. The van der Waals surface area contributed by atoms with Crippen LogP contribution in [0.1, 0.15) is 26.2 Å². The average molecular weight is 268 g/mol. The van der Waals surface area contributed by atoms with E-state index in [0.29, 0.717) is 0 Å². The molecule has 0 aliphatic carbocycles. The van der Waals surface area contributed by atoms with Crippen molar-refractivity contribution in [2.75, 3.05) is 19.8 Å². The van der Waals surface area contributed by atoms with Crippen molar-refractivity contribution in [3.63, 3.8) is 0 Å². The Kier molecular flexibility index (Phi) is 5.87. The predicted octanol–water partition coefficient (Wildman–Crippen LogP) is 1.21. The number of carbonyl (C=O) groups is 1. The summed E-state index contributed by atoms with van der Waals surface area (Å²) in [5, 5.41) is 5.71. The fourth-order valence-corrected chi connectivity index (χ4v) is 1.81. The lowest BCUT2D eigenvalue weighted by Gasteiger charge is -2.24. The molecule has 1 rings (SSSR count). The first-order valence-electron chi connectivity index (χ1n) is 6.07. The minimum Gasteiger partial charge on any atom is -0.370 e. The van der Waals surface area contributed by atoms with Gasteiger partial charge in [0.1, 0.15) is 6.61 Å². The van der Waals surface area contributed by atoms with Gasteiger partial charge < -0.3 is 15.4 Å². The van der Waals surface area contributed by atoms with Crippen molar-refractivity contribution in [1.82, 2.24) is 10.6 Å². The van der Waals surface area contributed by atoms with E-state index in [1.807, 2.05) is 0 Å².